The fourth-order valence-corrected chi connectivity index (χ4v) is 3.25. The van der Waals surface area contributed by atoms with Crippen LogP contribution < -0.4 is 0 Å². The third-order valence-electron chi connectivity index (χ3n) is 3.82. The maximum atomic E-state index is 12.2. The molecule has 7 heteroatoms. The van der Waals surface area contributed by atoms with Gasteiger partial charge in [0.2, 0.25) is 0 Å². The van der Waals surface area contributed by atoms with Crippen molar-refractivity contribution in [2.75, 3.05) is 0 Å². The van der Waals surface area contributed by atoms with Crippen molar-refractivity contribution < 1.29 is 25.8 Å². The van der Waals surface area contributed by atoms with Gasteiger partial charge in [-0.15, -0.1) is 0 Å². The monoisotopic (exact) mass is 270 g/mol. The summed E-state index contributed by atoms with van der Waals surface area (Å²) in [6.45, 7) is 3.84. The molecule has 2 bridgehead atoms. The summed E-state index contributed by atoms with van der Waals surface area (Å²) in [7, 11) is -5.52. The van der Waals surface area contributed by atoms with Crippen molar-refractivity contribution in [2.24, 2.45) is 17.3 Å². The molecular formula is C10H13F3O3S. The largest absolute Gasteiger partial charge is 0.534 e. The first-order valence-corrected chi connectivity index (χ1v) is 6.69. The van der Waals surface area contributed by atoms with Crippen molar-refractivity contribution in [1.29, 1.82) is 0 Å². The van der Waals surface area contributed by atoms with Gasteiger partial charge in [0, 0.05) is 5.92 Å². The summed E-state index contributed by atoms with van der Waals surface area (Å²) in [5, 5.41) is 0. The van der Waals surface area contributed by atoms with E-state index in [1.165, 1.54) is 6.08 Å². The van der Waals surface area contributed by atoms with Gasteiger partial charge in [-0.05, 0) is 30.3 Å². The fraction of sp³-hybridized carbons (Fsp3) is 0.800. The van der Waals surface area contributed by atoms with Gasteiger partial charge < -0.3 is 4.18 Å². The van der Waals surface area contributed by atoms with E-state index >= 15 is 0 Å². The molecule has 0 aromatic heterocycles. The molecule has 0 radical (unpaired) electrons. The minimum absolute atomic E-state index is 0.0384. The lowest BCUT2D eigenvalue weighted by atomic mass is 9.81. The SMILES string of the molecule is CC1(C)C2C=C(OS(=O)(=O)C(F)(F)F)C1CC2. The Kier molecular flexibility index (Phi) is 2.54. The van der Waals surface area contributed by atoms with Crippen LogP contribution in [0.1, 0.15) is 26.7 Å². The molecule has 2 aliphatic rings. The predicted octanol–water partition coefficient (Wildman–Crippen LogP) is 2.80. The second kappa shape index (κ2) is 3.40. The lowest BCUT2D eigenvalue weighted by Crippen LogP contribution is -2.27. The van der Waals surface area contributed by atoms with Crippen molar-refractivity contribution in [3.8, 4) is 0 Å². The third-order valence-corrected chi connectivity index (χ3v) is 4.80. The summed E-state index contributed by atoms with van der Waals surface area (Å²) < 4.78 is 62.6. The first kappa shape index (κ1) is 12.7. The number of hydrogen-bond acceptors (Lipinski definition) is 3. The Bertz CT molecular complexity index is 462. The van der Waals surface area contributed by atoms with Crippen LogP contribution >= 0.6 is 0 Å². The standard InChI is InChI=1S/C10H13F3O3S/c1-9(2)6-3-4-7(9)8(5-6)16-17(14,15)10(11,12)13/h5-7H,3-4H2,1-2H3. The lowest BCUT2D eigenvalue weighted by Gasteiger charge is -2.25. The Morgan fingerprint density at radius 1 is 1.35 bits per heavy atom. The Hall–Kier alpha value is -0.720. The second-order valence-electron chi connectivity index (χ2n) is 5.11. The number of alkyl halides is 3. The summed E-state index contributed by atoms with van der Waals surface area (Å²) in [6, 6.07) is 0. The van der Waals surface area contributed by atoms with Gasteiger partial charge in [0.05, 0.1) is 0 Å². The van der Waals surface area contributed by atoms with Crippen molar-refractivity contribution in [3.05, 3.63) is 11.8 Å². The van der Waals surface area contributed by atoms with Gasteiger partial charge in [-0.3, -0.25) is 0 Å². The highest BCUT2D eigenvalue weighted by Crippen LogP contribution is 2.57. The van der Waals surface area contributed by atoms with E-state index in [9.17, 15) is 21.6 Å². The van der Waals surface area contributed by atoms with Crippen molar-refractivity contribution in [1.82, 2.24) is 0 Å². The van der Waals surface area contributed by atoms with Crippen LogP contribution in [0.5, 0.6) is 0 Å². The fourth-order valence-electron chi connectivity index (χ4n) is 2.73. The molecule has 0 aliphatic heterocycles. The van der Waals surface area contributed by atoms with E-state index in [4.69, 9.17) is 0 Å². The van der Waals surface area contributed by atoms with Gasteiger partial charge in [-0.2, -0.15) is 21.6 Å². The van der Waals surface area contributed by atoms with Crippen LogP contribution in [0.25, 0.3) is 0 Å². The molecule has 0 N–H and O–H groups in total. The van der Waals surface area contributed by atoms with Crippen LogP contribution in [0.4, 0.5) is 13.2 Å². The molecule has 3 nitrogen and oxygen atoms in total. The van der Waals surface area contributed by atoms with E-state index < -0.39 is 15.6 Å². The molecule has 0 spiro atoms. The molecule has 0 aromatic carbocycles. The first-order valence-electron chi connectivity index (χ1n) is 5.28. The van der Waals surface area contributed by atoms with Crippen LogP contribution in [0.15, 0.2) is 11.8 Å². The first-order chi connectivity index (χ1) is 7.56. The summed E-state index contributed by atoms with van der Waals surface area (Å²) >= 11 is 0. The molecule has 1 fully saturated rings. The summed E-state index contributed by atoms with van der Waals surface area (Å²) in [5.41, 5.74) is -5.57. The summed E-state index contributed by atoms with van der Waals surface area (Å²) in [6.07, 6.45) is 3.07. The minimum Gasteiger partial charge on any atom is -0.381 e. The van der Waals surface area contributed by atoms with E-state index in [0.717, 1.165) is 6.42 Å². The Balaban J connectivity index is 2.22. The second-order valence-corrected chi connectivity index (χ2v) is 6.65. The molecule has 2 rings (SSSR count). The smallest absolute Gasteiger partial charge is 0.381 e. The molecule has 98 valence electrons. The molecule has 0 saturated heterocycles. The predicted molar refractivity (Wildman–Crippen MR) is 54.1 cm³/mol. The zero-order valence-electron chi connectivity index (χ0n) is 9.41. The van der Waals surface area contributed by atoms with Gasteiger partial charge in [0.25, 0.3) is 0 Å². The Morgan fingerprint density at radius 3 is 2.29 bits per heavy atom. The molecule has 17 heavy (non-hydrogen) atoms. The van der Waals surface area contributed by atoms with Gasteiger partial charge in [0.15, 0.2) is 0 Å². The van der Waals surface area contributed by atoms with Gasteiger partial charge in [0.1, 0.15) is 5.76 Å². The number of hydrogen-bond donors (Lipinski definition) is 0. The Labute approximate surface area is 97.8 Å². The molecule has 0 aromatic rings. The maximum absolute atomic E-state index is 12.2. The number of halogens is 3. The Morgan fingerprint density at radius 2 is 1.94 bits per heavy atom. The number of rotatable bonds is 2. The van der Waals surface area contributed by atoms with Crippen molar-refractivity contribution in [3.63, 3.8) is 0 Å². The highest BCUT2D eigenvalue weighted by molar-refractivity contribution is 7.87. The zero-order chi connectivity index (χ0) is 13.1. The number of allylic oxidation sites excluding steroid dienone is 2. The van der Waals surface area contributed by atoms with Crippen molar-refractivity contribution >= 4 is 10.1 Å². The minimum atomic E-state index is -5.52. The molecular weight excluding hydrogens is 257 g/mol. The van der Waals surface area contributed by atoms with Crippen LogP contribution in [0.3, 0.4) is 0 Å². The average molecular weight is 270 g/mol. The highest BCUT2D eigenvalue weighted by Gasteiger charge is 2.54. The topological polar surface area (TPSA) is 43.4 Å². The van der Waals surface area contributed by atoms with Crippen LogP contribution in [0, 0.1) is 17.3 Å². The van der Waals surface area contributed by atoms with Gasteiger partial charge in [-0.25, -0.2) is 0 Å². The van der Waals surface area contributed by atoms with Gasteiger partial charge in [-0.1, -0.05) is 13.8 Å². The lowest BCUT2D eigenvalue weighted by molar-refractivity contribution is -0.0528. The van der Waals surface area contributed by atoms with Crippen LogP contribution in [-0.4, -0.2) is 13.9 Å². The molecule has 2 aliphatic carbocycles. The zero-order valence-corrected chi connectivity index (χ0v) is 10.2. The summed E-state index contributed by atoms with van der Waals surface area (Å²) in [4.78, 5) is 0. The molecule has 0 heterocycles. The van der Waals surface area contributed by atoms with Crippen molar-refractivity contribution in [2.45, 2.75) is 32.2 Å². The summed E-state index contributed by atoms with van der Waals surface area (Å²) in [5.74, 6) is -0.167. The van der Waals surface area contributed by atoms with E-state index in [1.807, 2.05) is 13.8 Å². The van der Waals surface area contributed by atoms with Crippen LogP contribution in [-0.2, 0) is 14.3 Å². The average Bonchev–Trinajstić information content (AvgIpc) is 2.51. The molecule has 2 atom stereocenters. The number of fused-ring (bicyclic) bond motifs is 2. The quantitative estimate of drug-likeness (QED) is 0.572. The van der Waals surface area contributed by atoms with E-state index in [1.54, 1.807) is 0 Å². The van der Waals surface area contributed by atoms with E-state index in [-0.39, 0.29) is 23.0 Å². The molecule has 1 saturated carbocycles. The van der Waals surface area contributed by atoms with E-state index in [2.05, 4.69) is 4.18 Å². The normalized spacial score (nSPS) is 31.5. The molecule has 2 unspecified atom stereocenters. The third kappa shape index (κ3) is 1.84. The molecule has 0 amide bonds. The maximum Gasteiger partial charge on any atom is 0.534 e. The van der Waals surface area contributed by atoms with Gasteiger partial charge >= 0.3 is 15.6 Å². The van der Waals surface area contributed by atoms with Crippen LogP contribution in [0.2, 0.25) is 0 Å². The van der Waals surface area contributed by atoms with E-state index in [0.29, 0.717) is 6.42 Å². The highest BCUT2D eigenvalue weighted by atomic mass is 32.2.